The Morgan fingerprint density at radius 1 is 1.09 bits per heavy atom. The lowest BCUT2D eigenvalue weighted by molar-refractivity contribution is 0.00174. The van der Waals surface area contributed by atoms with Gasteiger partial charge < -0.3 is 4.74 Å². The lowest BCUT2D eigenvalue weighted by Gasteiger charge is -2.41. The van der Waals surface area contributed by atoms with Crippen molar-refractivity contribution < 1.29 is 9.53 Å². The minimum Gasteiger partial charge on any atom is -0.444 e. The highest BCUT2D eigenvalue weighted by molar-refractivity contribution is 6.33. The van der Waals surface area contributed by atoms with Crippen LogP contribution in [-0.4, -0.2) is 36.2 Å². The van der Waals surface area contributed by atoms with E-state index in [4.69, 9.17) is 16.3 Å². The van der Waals surface area contributed by atoms with Crippen LogP contribution in [0.25, 0.3) is 0 Å². The summed E-state index contributed by atoms with van der Waals surface area (Å²) < 4.78 is 5.77. The van der Waals surface area contributed by atoms with Gasteiger partial charge in [-0.15, -0.1) is 0 Å². The number of para-hydroxylation sites is 1. The molecule has 2 fully saturated rings. The first kappa shape index (κ1) is 16.6. The Morgan fingerprint density at radius 2 is 1.83 bits per heavy atom. The van der Waals surface area contributed by atoms with Crippen molar-refractivity contribution >= 4 is 23.4 Å². The van der Waals surface area contributed by atoms with E-state index in [1.165, 1.54) is 25.7 Å². The molecule has 1 heterocycles. The third-order valence-electron chi connectivity index (χ3n) is 4.90. The van der Waals surface area contributed by atoms with E-state index in [-0.39, 0.29) is 6.10 Å². The molecule has 0 aromatic heterocycles. The normalized spacial score (nSPS) is 25.8. The van der Waals surface area contributed by atoms with E-state index in [1.807, 2.05) is 12.1 Å². The second-order valence-electron chi connectivity index (χ2n) is 6.50. The van der Waals surface area contributed by atoms with E-state index in [0.717, 1.165) is 32.4 Å². The Hall–Kier alpha value is -1.26. The molecule has 1 aliphatic carbocycles. The van der Waals surface area contributed by atoms with Gasteiger partial charge in [-0.3, -0.25) is 10.2 Å². The molecule has 126 valence electrons. The molecule has 1 saturated carbocycles. The van der Waals surface area contributed by atoms with E-state index in [9.17, 15) is 4.79 Å². The van der Waals surface area contributed by atoms with Gasteiger partial charge in [-0.1, -0.05) is 36.6 Å². The number of nitrogens with one attached hydrogen (secondary N) is 1. The predicted octanol–water partition coefficient (Wildman–Crippen LogP) is 4.69. The van der Waals surface area contributed by atoms with Crippen LogP contribution in [0.3, 0.4) is 0 Å². The van der Waals surface area contributed by atoms with Crippen molar-refractivity contribution in [1.82, 2.24) is 4.90 Å². The van der Waals surface area contributed by atoms with Crippen molar-refractivity contribution in [2.45, 2.75) is 57.1 Å². The topological polar surface area (TPSA) is 41.6 Å². The number of piperidine rings is 1. The number of ether oxygens (including phenoxy) is 1. The van der Waals surface area contributed by atoms with Gasteiger partial charge in [-0.05, 0) is 57.3 Å². The zero-order valence-electron chi connectivity index (χ0n) is 13.5. The number of carbonyl (C=O) groups is 1. The number of hydrogen-bond acceptors (Lipinski definition) is 3. The van der Waals surface area contributed by atoms with Gasteiger partial charge in [0.2, 0.25) is 0 Å². The number of nitrogens with zero attached hydrogens (tertiary/aromatic N) is 1. The summed E-state index contributed by atoms with van der Waals surface area (Å²) in [6, 6.07) is 7.60. The van der Waals surface area contributed by atoms with Crippen LogP contribution >= 0.6 is 11.6 Å². The van der Waals surface area contributed by atoms with Crippen LogP contribution in [-0.2, 0) is 4.74 Å². The first-order valence-corrected chi connectivity index (χ1v) is 9.08. The molecule has 3 rings (SSSR count). The van der Waals surface area contributed by atoms with Crippen LogP contribution in [0.2, 0.25) is 5.02 Å². The lowest BCUT2D eigenvalue weighted by Crippen LogP contribution is -2.49. The van der Waals surface area contributed by atoms with E-state index < -0.39 is 6.09 Å². The number of likely N-dealkylation sites (tertiary alicyclic amines) is 1. The number of anilines is 1. The van der Waals surface area contributed by atoms with Crippen molar-refractivity contribution in [2.75, 3.05) is 18.4 Å². The molecule has 23 heavy (non-hydrogen) atoms. The fourth-order valence-corrected chi connectivity index (χ4v) is 3.90. The Balaban J connectivity index is 1.60. The van der Waals surface area contributed by atoms with E-state index >= 15 is 0 Å². The molecule has 1 saturated heterocycles. The fourth-order valence-electron chi connectivity index (χ4n) is 3.72. The maximum atomic E-state index is 12.3. The zero-order chi connectivity index (χ0) is 16.1. The molecule has 5 heteroatoms. The minimum atomic E-state index is -0.396. The van der Waals surface area contributed by atoms with Gasteiger partial charge in [0.15, 0.2) is 0 Å². The number of rotatable bonds is 3. The summed E-state index contributed by atoms with van der Waals surface area (Å²) in [5.74, 6) is 0. The summed E-state index contributed by atoms with van der Waals surface area (Å²) in [5, 5.41) is 3.30. The number of carbonyl (C=O) groups excluding carboxylic acids is 1. The van der Waals surface area contributed by atoms with Crippen LogP contribution in [0.1, 0.15) is 44.9 Å². The van der Waals surface area contributed by atoms with Crippen molar-refractivity contribution in [1.29, 1.82) is 0 Å². The van der Waals surface area contributed by atoms with Gasteiger partial charge in [0.05, 0.1) is 10.7 Å². The van der Waals surface area contributed by atoms with E-state index in [0.29, 0.717) is 16.8 Å². The van der Waals surface area contributed by atoms with Gasteiger partial charge in [-0.2, -0.15) is 0 Å². The number of hydrogen-bond donors (Lipinski definition) is 1. The Kier molecular flexibility index (Phi) is 5.79. The fraction of sp³-hybridized carbons (Fsp3) is 0.611. The Labute approximate surface area is 143 Å². The second-order valence-corrected chi connectivity index (χ2v) is 6.90. The standard InChI is InChI=1S/C18H25ClN2O2/c19-14-8-2-3-9-15(14)20-18(22)23-17-11-5-4-10-16(17)21-12-6-1-7-13-21/h2-3,8-9,16-17H,1,4-7,10-13H2,(H,20,22). The lowest BCUT2D eigenvalue weighted by atomic mass is 9.90. The van der Waals surface area contributed by atoms with Crippen molar-refractivity contribution in [3.63, 3.8) is 0 Å². The van der Waals surface area contributed by atoms with Crippen LogP contribution in [0.15, 0.2) is 24.3 Å². The van der Waals surface area contributed by atoms with Crippen molar-refractivity contribution in [2.24, 2.45) is 0 Å². The summed E-state index contributed by atoms with van der Waals surface area (Å²) in [6.45, 7) is 2.27. The Morgan fingerprint density at radius 3 is 2.61 bits per heavy atom. The summed E-state index contributed by atoms with van der Waals surface area (Å²) in [7, 11) is 0. The summed E-state index contributed by atoms with van der Waals surface area (Å²) in [6.07, 6.45) is 7.88. The maximum Gasteiger partial charge on any atom is 0.411 e. The SMILES string of the molecule is O=C(Nc1ccccc1Cl)OC1CCCCC1N1CCCCC1. The maximum absolute atomic E-state index is 12.3. The molecule has 1 aromatic carbocycles. The predicted molar refractivity (Wildman–Crippen MR) is 93.0 cm³/mol. The molecule has 2 aliphatic rings. The molecule has 1 N–H and O–H groups in total. The number of halogens is 1. The van der Waals surface area contributed by atoms with Crippen LogP contribution in [0.4, 0.5) is 10.5 Å². The monoisotopic (exact) mass is 336 g/mol. The van der Waals surface area contributed by atoms with Gasteiger partial charge in [0, 0.05) is 6.04 Å². The first-order chi connectivity index (χ1) is 11.2. The molecule has 2 unspecified atom stereocenters. The molecule has 0 spiro atoms. The third-order valence-corrected chi connectivity index (χ3v) is 5.23. The zero-order valence-corrected chi connectivity index (χ0v) is 14.2. The highest BCUT2D eigenvalue weighted by atomic mass is 35.5. The quantitative estimate of drug-likeness (QED) is 0.870. The molecule has 4 nitrogen and oxygen atoms in total. The Bertz CT molecular complexity index is 532. The molecule has 1 aromatic rings. The highest BCUT2D eigenvalue weighted by Gasteiger charge is 2.33. The van der Waals surface area contributed by atoms with E-state index in [2.05, 4.69) is 10.2 Å². The summed E-state index contributed by atoms with van der Waals surface area (Å²) >= 11 is 6.08. The summed E-state index contributed by atoms with van der Waals surface area (Å²) in [5.41, 5.74) is 0.601. The number of benzene rings is 1. The van der Waals surface area contributed by atoms with Crippen LogP contribution in [0, 0.1) is 0 Å². The van der Waals surface area contributed by atoms with Crippen molar-refractivity contribution in [3.05, 3.63) is 29.3 Å². The van der Waals surface area contributed by atoms with Gasteiger partial charge in [0.25, 0.3) is 0 Å². The molecule has 0 bridgehead atoms. The molecule has 1 amide bonds. The van der Waals surface area contributed by atoms with Gasteiger partial charge in [-0.25, -0.2) is 4.79 Å². The number of amides is 1. The molecule has 0 radical (unpaired) electrons. The smallest absolute Gasteiger partial charge is 0.411 e. The van der Waals surface area contributed by atoms with Gasteiger partial charge >= 0.3 is 6.09 Å². The molecular formula is C18H25ClN2O2. The first-order valence-electron chi connectivity index (χ1n) is 8.70. The average Bonchev–Trinajstić information content (AvgIpc) is 2.58. The van der Waals surface area contributed by atoms with Crippen LogP contribution in [0.5, 0.6) is 0 Å². The molecule has 1 aliphatic heterocycles. The second kappa shape index (κ2) is 8.02. The van der Waals surface area contributed by atoms with Crippen LogP contribution < -0.4 is 5.32 Å². The third kappa shape index (κ3) is 4.39. The van der Waals surface area contributed by atoms with E-state index in [1.54, 1.807) is 12.1 Å². The highest BCUT2D eigenvalue weighted by Crippen LogP contribution is 2.28. The van der Waals surface area contributed by atoms with Crippen molar-refractivity contribution in [3.8, 4) is 0 Å². The molecular weight excluding hydrogens is 312 g/mol. The molecule has 2 atom stereocenters. The largest absolute Gasteiger partial charge is 0.444 e. The summed E-state index contributed by atoms with van der Waals surface area (Å²) in [4.78, 5) is 14.8. The minimum absolute atomic E-state index is 0.00987. The average molecular weight is 337 g/mol. The van der Waals surface area contributed by atoms with Gasteiger partial charge in [0.1, 0.15) is 6.10 Å².